The molecule has 122 valence electrons. The molecule has 0 saturated heterocycles. The molecule has 1 aromatic carbocycles. The number of ether oxygens (including phenoxy) is 1. The van der Waals surface area contributed by atoms with Crippen LogP contribution in [0.3, 0.4) is 0 Å². The standard InChI is InChI=1S/C14H19NO7/c1-7(16)11(18)12(19)13(20)14(21)22-10-5-3-9(4-6-10)15-8(2)17/h3-7,11-13,16,18-20H,1-2H3,(H,15,17)/t7-,11-,12+,13+/m1/s1. The van der Waals surface area contributed by atoms with E-state index in [0.29, 0.717) is 5.69 Å². The number of anilines is 1. The molecule has 0 bridgehead atoms. The molecule has 1 aromatic rings. The van der Waals surface area contributed by atoms with Gasteiger partial charge in [0.05, 0.1) is 6.10 Å². The second kappa shape index (κ2) is 7.85. The van der Waals surface area contributed by atoms with Crippen LogP contribution >= 0.6 is 0 Å². The molecule has 22 heavy (non-hydrogen) atoms. The number of aliphatic hydroxyl groups excluding tert-OH is 4. The Balaban J connectivity index is 2.66. The van der Waals surface area contributed by atoms with Gasteiger partial charge in [-0.15, -0.1) is 0 Å². The quantitative estimate of drug-likeness (QED) is 0.336. The largest absolute Gasteiger partial charge is 0.425 e. The molecule has 0 aliphatic heterocycles. The number of nitrogens with one attached hydrogen (secondary N) is 1. The van der Waals surface area contributed by atoms with Gasteiger partial charge in [0.2, 0.25) is 5.91 Å². The summed E-state index contributed by atoms with van der Waals surface area (Å²) in [6, 6.07) is 5.73. The van der Waals surface area contributed by atoms with Crippen molar-refractivity contribution in [2.75, 3.05) is 5.32 Å². The summed E-state index contributed by atoms with van der Waals surface area (Å²) in [4.78, 5) is 22.5. The zero-order valence-electron chi connectivity index (χ0n) is 12.1. The molecular formula is C14H19NO7. The maximum atomic E-state index is 11.6. The molecule has 8 heteroatoms. The van der Waals surface area contributed by atoms with E-state index in [4.69, 9.17) is 9.84 Å². The van der Waals surface area contributed by atoms with Crippen molar-refractivity contribution in [3.05, 3.63) is 24.3 Å². The Morgan fingerprint density at radius 1 is 1.05 bits per heavy atom. The topological polar surface area (TPSA) is 136 Å². The summed E-state index contributed by atoms with van der Waals surface area (Å²) in [5.41, 5.74) is 0.498. The molecule has 0 aliphatic carbocycles. The van der Waals surface area contributed by atoms with Crippen LogP contribution in [0.15, 0.2) is 24.3 Å². The van der Waals surface area contributed by atoms with Crippen LogP contribution in [0.4, 0.5) is 5.69 Å². The number of carbonyl (C=O) groups excluding carboxylic acids is 2. The zero-order valence-corrected chi connectivity index (χ0v) is 12.1. The Labute approximate surface area is 127 Å². The van der Waals surface area contributed by atoms with E-state index in [1.807, 2.05) is 0 Å². The van der Waals surface area contributed by atoms with Gasteiger partial charge in [-0.25, -0.2) is 4.79 Å². The first-order valence-corrected chi connectivity index (χ1v) is 6.54. The lowest BCUT2D eigenvalue weighted by molar-refractivity contribution is -0.159. The van der Waals surface area contributed by atoms with E-state index in [1.165, 1.54) is 38.1 Å². The number of amides is 1. The molecule has 0 saturated carbocycles. The van der Waals surface area contributed by atoms with Crippen molar-refractivity contribution in [1.82, 2.24) is 0 Å². The highest BCUT2D eigenvalue weighted by Crippen LogP contribution is 2.17. The number of hydrogen-bond donors (Lipinski definition) is 5. The highest BCUT2D eigenvalue weighted by atomic mass is 16.6. The Hall–Kier alpha value is -2.00. The van der Waals surface area contributed by atoms with Crippen LogP contribution in [0, 0.1) is 0 Å². The van der Waals surface area contributed by atoms with E-state index in [1.54, 1.807) is 0 Å². The summed E-state index contributed by atoms with van der Waals surface area (Å²) in [6.07, 6.45) is -6.91. The maximum absolute atomic E-state index is 11.6. The molecule has 4 atom stereocenters. The molecular weight excluding hydrogens is 294 g/mol. The van der Waals surface area contributed by atoms with Crippen molar-refractivity contribution in [1.29, 1.82) is 0 Å². The zero-order chi connectivity index (χ0) is 16.9. The minimum atomic E-state index is -2.01. The third-order valence-electron chi connectivity index (χ3n) is 2.80. The van der Waals surface area contributed by atoms with E-state index in [0.717, 1.165) is 0 Å². The molecule has 0 aromatic heterocycles. The smallest absolute Gasteiger partial charge is 0.343 e. The molecule has 0 spiro atoms. The van der Waals surface area contributed by atoms with E-state index in [2.05, 4.69) is 5.32 Å². The van der Waals surface area contributed by atoms with Gasteiger partial charge in [0.15, 0.2) is 6.10 Å². The number of aliphatic hydroxyl groups is 4. The van der Waals surface area contributed by atoms with E-state index < -0.39 is 30.4 Å². The van der Waals surface area contributed by atoms with Gasteiger partial charge >= 0.3 is 5.97 Å². The van der Waals surface area contributed by atoms with Crippen LogP contribution in [0.5, 0.6) is 5.75 Å². The van der Waals surface area contributed by atoms with Gasteiger partial charge < -0.3 is 30.5 Å². The molecule has 0 aliphatic rings. The van der Waals surface area contributed by atoms with Crippen molar-refractivity contribution in [2.24, 2.45) is 0 Å². The lowest BCUT2D eigenvalue weighted by atomic mass is 10.0. The minimum absolute atomic E-state index is 0.0805. The average Bonchev–Trinajstić information content (AvgIpc) is 2.46. The predicted octanol–water partition coefficient (Wildman–Crippen LogP) is -0.986. The first kappa shape index (κ1) is 18.1. The summed E-state index contributed by atoms with van der Waals surface area (Å²) in [7, 11) is 0. The number of benzene rings is 1. The Morgan fingerprint density at radius 3 is 2.05 bits per heavy atom. The first-order valence-electron chi connectivity index (χ1n) is 6.54. The van der Waals surface area contributed by atoms with Gasteiger partial charge in [-0.1, -0.05) is 0 Å². The van der Waals surface area contributed by atoms with Crippen molar-refractivity contribution in [3.63, 3.8) is 0 Å². The highest BCUT2D eigenvalue weighted by molar-refractivity contribution is 5.88. The third kappa shape index (κ3) is 5.08. The third-order valence-corrected chi connectivity index (χ3v) is 2.80. The van der Waals surface area contributed by atoms with Crippen molar-refractivity contribution in [2.45, 2.75) is 38.3 Å². The molecule has 0 radical (unpaired) electrons. The van der Waals surface area contributed by atoms with Crippen LogP contribution in [-0.2, 0) is 9.59 Å². The van der Waals surface area contributed by atoms with E-state index in [9.17, 15) is 24.9 Å². The van der Waals surface area contributed by atoms with Crippen LogP contribution in [0.25, 0.3) is 0 Å². The van der Waals surface area contributed by atoms with Gasteiger partial charge in [-0.05, 0) is 31.2 Å². The summed E-state index contributed by atoms with van der Waals surface area (Å²) in [6.45, 7) is 2.55. The predicted molar refractivity (Wildman–Crippen MR) is 76.1 cm³/mol. The van der Waals surface area contributed by atoms with Gasteiger partial charge in [0, 0.05) is 12.6 Å². The second-order valence-corrected chi connectivity index (χ2v) is 4.79. The molecule has 5 N–H and O–H groups in total. The molecule has 0 heterocycles. The van der Waals surface area contributed by atoms with Gasteiger partial charge in [-0.2, -0.15) is 0 Å². The fourth-order valence-corrected chi connectivity index (χ4v) is 1.60. The number of rotatable bonds is 6. The Bertz CT molecular complexity index is 514. The van der Waals surface area contributed by atoms with Crippen molar-refractivity contribution in [3.8, 4) is 5.75 Å². The van der Waals surface area contributed by atoms with E-state index in [-0.39, 0.29) is 11.7 Å². The Morgan fingerprint density at radius 2 is 1.59 bits per heavy atom. The summed E-state index contributed by atoms with van der Waals surface area (Å²) in [5.74, 6) is -1.35. The lowest BCUT2D eigenvalue weighted by Crippen LogP contribution is -2.48. The van der Waals surface area contributed by atoms with Gasteiger partial charge in [0.25, 0.3) is 0 Å². The normalized spacial score (nSPS) is 16.3. The molecule has 8 nitrogen and oxygen atoms in total. The fourth-order valence-electron chi connectivity index (χ4n) is 1.60. The molecule has 1 rings (SSSR count). The molecule has 0 fully saturated rings. The number of carbonyl (C=O) groups is 2. The molecule has 1 amide bonds. The SMILES string of the molecule is CC(=O)Nc1ccc(OC(=O)[C@@H](O)[C@@H](O)[C@H](O)[C@@H](C)O)cc1. The van der Waals surface area contributed by atoms with E-state index >= 15 is 0 Å². The monoisotopic (exact) mass is 313 g/mol. The van der Waals surface area contributed by atoms with Gasteiger partial charge in [-0.3, -0.25) is 4.79 Å². The summed E-state index contributed by atoms with van der Waals surface area (Å²) in [5, 5.41) is 40.2. The van der Waals surface area contributed by atoms with Crippen LogP contribution in [0.1, 0.15) is 13.8 Å². The van der Waals surface area contributed by atoms with Crippen LogP contribution in [0.2, 0.25) is 0 Å². The Kier molecular flexibility index (Phi) is 6.44. The van der Waals surface area contributed by atoms with Crippen molar-refractivity contribution >= 4 is 17.6 Å². The number of hydrogen-bond acceptors (Lipinski definition) is 7. The fraction of sp³-hybridized carbons (Fsp3) is 0.429. The minimum Gasteiger partial charge on any atom is -0.425 e. The lowest BCUT2D eigenvalue weighted by Gasteiger charge is -2.23. The van der Waals surface area contributed by atoms with Gasteiger partial charge in [0.1, 0.15) is 18.0 Å². The number of esters is 1. The van der Waals surface area contributed by atoms with Crippen LogP contribution < -0.4 is 10.1 Å². The first-order chi connectivity index (χ1) is 10.2. The molecule has 0 unspecified atom stereocenters. The maximum Gasteiger partial charge on any atom is 0.343 e. The van der Waals surface area contributed by atoms with Crippen LogP contribution in [-0.4, -0.2) is 56.7 Å². The van der Waals surface area contributed by atoms with Crippen molar-refractivity contribution < 1.29 is 34.8 Å². The average molecular weight is 313 g/mol. The highest BCUT2D eigenvalue weighted by Gasteiger charge is 2.34. The second-order valence-electron chi connectivity index (χ2n) is 4.79. The summed E-state index contributed by atoms with van der Waals surface area (Å²) >= 11 is 0. The summed E-state index contributed by atoms with van der Waals surface area (Å²) < 4.78 is 4.83.